The summed E-state index contributed by atoms with van der Waals surface area (Å²) in [5.74, 6) is -0.802. The Morgan fingerprint density at radius 3 is 2.30 bits per heavy atom. The molecule has 0 amide bonds. The van der Waals surface area contributed by atoms with Gasteiger partial charge in [-0.05, 0) is 63.1 Å². The highest BCUT2D eigenvalue weighted by Gasteiger charge is 2.22. The van der Waals surface area contributed by atoms with Crippen molar-refractivity contribution in [1.82, 2.24) is 4.57 Å². The van der Waals surface area contributed by atoms with Crippen molar-refractivity contribution in [3.8, 4) is 17.2 Å². The Balaban J connectivity index is 1.87. The molecule has 6 nitrogen and oxygen atoms in total. The van der Waals surface area contributed by atoms with Gasteiger partial charge in [0.15, 0.2) is 5.78 Å². The third kappa shape index (κ3) is 6.69. The van der Waals surface area contributed by atoms with Crippen molar-refractivity contribution in [2.24, 2.45) is 0 Å². The molecule has 0 radical (unpaired) electrons. The number of esters is 1. The number of hydrogen-bond acceptors (Lipinski definition) is 5. The standard InChI is InChI=1S/C28H25ClF2N2O4/c1-16(24(34)11-17-5-7-18(8-6-17)27(36)37-28(2,3)4)33-15-19(14-32)22(13-25(33)35)23-12-20(29)9-10-21(23)26(30)31/h5-10,12-13,15-16,26H,11H2,1-4H3. The number of rotatable bonds is 7. The van der Waals surface area contributed by atoms with Gasteiger partial charge in [-0.3, -0.25) is 9.59 Å². The van der Waals surface area contributed by atoms with Crippen LogP contribution in [0.15, 0.2) is 59.5 Å². The summed E-state index contributed by atoms with van der Waals surface area (Å²) in [5, 5.41) is 9.86. The van der Waals surface area contributed by atoms with E-state index in [-0.39, 0.29) is 39.5 Å². The van der Waals surface area contributed by atoms with Crippen molar-refractivity contribution in [3.63, 3.8) is 0 Å². The zero-order chi connectivity index (χ0) is 27.5. The van der Waals surface area contributed by atoms with E-state index in [1.807, 2.05) is 6.07 Å². The number of nitrogens with zero attached hydrogens (tertiary/aromatic N) is 2. The third-order valence-electron chi connectivity index (χ3n) is 5.59. The molecular formula is C28H25ClF2N2O4. The molecule has 0 N–H and O–H groups in total. The van der Waals surface area contributed by atoms with E-state index in [1.165, 1.54) is 25.3 Å². The quantitative estimate of drug-likeness (QED) is 0.337. The van der Waals surface area contributed by atoms with Crippen LogP contribution >= 0.6 is 11.6 Å². The topological polar surface area (TPSA) is 89.2 Å². The number of ether oxygens (including phenoxy) is 1. The number of nitriles is 1. The maximum Gasteiger partial charge on any atom is 0.338 e. The Morgan fingerprint density at radius 1 is 1.08 bits per heavy atom. The second kappa shape index (κ2) is 11.1. The molecule has 1 aromatic heterocycles. The molecule has 0 bridgehead atoms. The van der Waals surface area contributed by atoms with Crippen LogP contribution in [0.1, 0.15) is 67.2 Å². The van der Waals surface area contributed by atoms with Gasteiger partial charge >= 0.3 is 5.97 Å². The summed E-state index contributed by atoms with van der Waals surface area (Å²) in [5.41, 5.74) is -0.729. The van der Waals surface area contributed by atoms with Crippen molar-refractivity contribution >= 4 is 23.4 Å². The number of carbonyl (C=O) groups is 2. The highest BCUT2D eigenvalue weighted by atomic mass is 35.5. The summed E-state index contributed by atoms with van der Waals surface area (Å²) in [4.78, 5) is 38.1. The van der Waals surface area contributed by atoms with E-state index in [2.05, 4.69) is 0 Å². The number of alkyl halides is 2. The fourth-order valence-corrected chi connectivity index (χ4v) is 3.89. The fourth-order valence-electron chi connectivity index (χ4n) is 3.71. The summed E-state index contributed by atoms with van der Waals surface area (Å²) in [7, 11) is 0. The first-order chi connectivity index (χ1) is 17.3. The zero-order valence-electron chi connectivity index (χ0n) is 20.7. The average Bonchev–Trinajstić information content (AvgIpc) is 2.82. The monoisotopic (exact) mass is 526 g/mol. The van der Waals surface area contributed by atoms with Gasteiger partial charge in [-0.1, -0.05) is 29.8 Å². The van der Waals surface area contributed by atoms with Gasteiger partial charge in [0.25, 0.3) is 12.0 Å². The van der Waals surface area contributed by atoms with E-state index in [0.717, 1.165) is 16.7 Å². The second-order valence-corrected chi connectivity index (χ2v) is 9.94. The van der Waals surface area contributed by atoms with E-state index in [0.29, 0.717) is 11.1 Å². The van der Waals surface area contributed by atoms with Crippen molar-refractivity contribution in [1.29, 1.82) is 5.26 Å². The predicted octanol–water partition coefficient (Wildman–Crippen LogP) is 6.31. The lowest BCUT2D eigenvalue weighted by molar-refractivity contribution is -0.121. The molecule has 0 aliphatic heterocycles. The van der Waals surface area contributed by atoms with E-state index in [1.54, 1.807) is 45.0 Å². The summed E-state index contributed by atoms with van der Waals surface area (Å²) >= 11 is 5.98. The summed E-state index contributed by atoms with van der Waals surface area (Å²) < 4.78 is 33.6. The average molecular weight is 527 g/mol. The summed E-state index contributed by atoms with van der Waals surface area (Å²) in [6.07, 6.45) is -1.68. The lowest BCUT2D eigenvalue weighted by Crippen LogP contribution is -2.29. The number of halogens is 3. The Labute approximate surface area is 218 Å². The molecule has 3 rings (SSSR count). The van der Waals surface area contributed by atoms with Crippen LogP contribution in [-0.4, -0.2) is 21.9 Å². The lowest BCUT2D eigenvalue weighted by atomic mass is 9.96. The van der Waals surface area contributed by atoms with Crippen molar-refractivity contribution in [2.75, 3.05) is 0 Å². The number of pyridine rings is 1. The van der Waals surface area contributed by atoms with Crippen LogP contribution in [0.4, 0.5) is 8.78 Å². The molecular weight excluding hydrogens is 502 g/mol. The SMILES string of the molecule is CC(C(=O)Cc1ccc(C(=O)OC(C)(C)C)cc1)n1cc(C#N)c(-c2cc(Cl)ccc2C(F)F)cc1=O. The number of Topliss-reactive ketones (excluding diaryl/α,β-unsaturated/α-hetero) is 1. The van der Waals surface area contributed by atoms with Gasteiger partial charge in [0.1, 0.15) is 11.7 Å². The number of ketones is 1. The Hall–Kier alpha value is -3.83. The predicted molar refractivity (Wildman–Crippen MR) is 136 cm³/mol. The molecule has 192 valence electrons. The largest absolute Gasteiger partial charge is 0.456 e. The van der Waals surface area contributed by atoms with Crippen LogP contribution in [-0.2, 0) is 16.0 Å². The van der Waals surface area contributed by atoms with Gasteiger partial charge in [0, 0.05) is 34.8 Å². The number of hydrogen-bond donors (Lipinski definition) is 0. The first-order valence-electron chi connectivity index (χ1n) is 11.4. The van der Waals surface area contributed by atoms with Gasteiger partial charge in [-0.15, -0.1) is 0 Å². The molecule has 0 aliphatic carbocycles. The van der Waals surface area contributed by atoms with Crippen molar-refractivity contribution in [3.05, 3.63) is 92.4 Å². The number of aromatic nitrogens is 1. The van der Waals surface area contributed by atoms with Crippen molar-refractivity contribution < 1.29 is 23.1 Å². The maximum atomic E-state index is 13.6. The van der Waals surface area contributed by atoms with E-state index in [9.17, 15) is 28.4 Å². The van der Waals surface area contributed by atoms with Gasteiger partial charge < -0.3 is 9.30 Å². The van der Waals surface area contributed by atoms with Crippen LogP contribution in [0.3, 0.4) is 0 Å². The molecule has 0 spiro atoms. The molecule has 0 saturated heterocycles. The minimum atomic E-state index is -2.84. The van der Waals surface area contributed by atoms with E-state index < -0.39 is 29.6 Å². The summed E-state index contributed by atoms with van der Waals surface area (Å²) in [6, 6.07) is 12.1. The fraction of sp³-hybridized carbons (Fsp3) is 0.286. The van der Waals surface area contributed by atoms with Crippen molar-refractivity contribution in [2.45, 2.75) is 52.2 Å². The van der Waals surface area contributed by atoms with Crippen LogP contribution in [0.2, 0.25) is 5.02 Å². The van der Waals surface area contributed by atoms with Crippen LogP contribution in [0, 0.1) is 11.3 Å². The van der Waals surface area contributed by atoms with Crippen LogP contribution in [0.5, 0.6) is 0 Å². The lowest BCUT2D eigenvalue weighted by Gasteiger charge is -2.19. The molecule has 9 heteroatoms. The van der Waals surface area contributed by atoms with E-state index >= 15 is 0 Å². The molecule has 1 atom stereocenters. The molecule has 3 aromatic rings. The first kappa shape index (κ1) is 27.8. The number of benzene rings is 2. The third-order valence-corrected chi connectivity index (χ3v) is 5.83. The maximum absolute atomic E-state index is 13.6. The van der Waals surface area contributed by atoms with E-state index in [4.69, 9.17) is 16.3 Å². The normalized spacial score (nSPS) is 12.2. The van der Waals surface area contributed by atoms with Gasteiger partial charge in [-0.25, -0.2) is 13.6 Å². The minimum absolute atomic E-state index is 0.0129. The molecule has 0 aliphatic rings. The van der Waals surface area contributed by atoms with Gasteiger partial charge in [-0.2, -0.15) is 5.26 Å². The van der Waals surface area contributed by atoms with Crippen LogP contribution in [0.25, 0.3) is 11.1 Å². The Kier molecular flexibility index (Phi) is 8.29. The second-order valence-electron chi connectivity index (χ2n) is 9.51. The smallest absolute Gasteiger partial charge is 0.338 e. The molecule has 0 fully saturated rings. The molecule has 0 saturated carbocycles. The first-order valence-corrected chi connectivity index (χ1v) is 11.8. The molecule has 37 heavy (non-hydrogen) atoms. The Morgan fingerprint density at radius 2 is 1.73 bits per heavy atom. The molecule has 2 aromatic carbocycles. The summed E-state index contributed by atoms with van der Waals surface area (Å²) in [6.45, 7) is 6.80. The molecule has 1 unspecified atom stereocenters. The highest BCUT2D eigenvalue weighted by Crippen LogP contribution is 2.34. The minimum Gasteiger partial charge on any atom is -0.456 e. The van der Waals surface area contributed by atoms with Gasteiger partial charge in [0.2, 0.25) is 0 Å². The highest BCUT2D eigenvalue weighted by molar-refractivity contribution is 6.30. The number of carbonyl (C=O) groups excluding carboxylic acids is 2. The van der Waals surface area contributed by atoms with Gasteiger partial charge in [0.05, 0.1) is 17.2 Å². The van der Waals surface area contributed by atoms with Crippen LogP contribution < -0.4 is 5.56 Å². The zero-order valence-corrected chi connectivity index (χ0v) is 21.5. The molecule has 1 heterocycles. The Bertz CT molecular complexity index is 1430.